The molecular formula is C16H10ClNO3. The van der Waals surface area contributed by atoms with Gasteiger partial charge in [0.05, 0.1) is 16.6 Å². The Morgan fingerprint density at radius 3 is 2.86 bits per heavy atom. The number of benzene rings is 1. The molecule has 1 N–H and O–H groups in total. The molecule has 0 amide bonds. The first-order valence-corrected chi connectivity index (χ1v) is 6.99. The quantitative estimate of drug-likeness (QED) is 0.701. The molecule has 21 heavy (non-hydrogen) atoms. The van der Waals surface area contributed by atoms with Gasteiger partial charge in [0.15, 0.2) is 0 Å². The lowest BCUT2D eigenvalue weighted by atomic mass is 9.88. The maximum absolute atomic E-state index is 12.3. The van der Waals surface area contributed by atoms with Crippen LogP contribution in [-0.2, 0) is 12.8 Å². The van der Waals surface area contributed by atoms with Crippen molar-refractivity contribution in [3.05, 3.63) is 57.6 Å². The summed E-state index contributed by atoms with van der Waals surface area (Å²) in [6.45, 7) is 0. The normalized spacial score (nSPS) is 13.0. The van der Waals surface area contributed by atoms with Crippen LogP contribution in [0.4, 0.5) is 0 Å². The average Bonchev–Trinajstić information content (AvgIpc) is 2.93. The SMILES string of the molecule is O=C(Cl)c1coc2c3c([nH]c(=O)c12)-c1ccccc1CC3. The summed E-state index contributed by atoms with van der Waals surface area (Å²) in [4.78, 5) is 26.6. The van der Waals surface area contributed by atoms with Gasteiger partial charge in [-0.2, -0.15) is 0 Å². The number of pyridine rings is 1. The molecule has 0 atom stereocenters. The van der Waals surface area contributed by atoms with Gasteiger partial charge in [0.1, 0.15) is 11.8 Å². The van der Waals surface area contributed by atoms with Crippen molar-refractivity contribution in [3.63, 3.8) is 0 Å². The summed E-state index contributed by atoms with van der Waals surface area (Å²) in [7, 11) is 0. The van der Waals surface area contributed by atoms with Crippen LogP contribution >= 0.6 is 11.6 Å². The number of halogens is 1. The summed E-state index contributed by atoms with van der Waals surface area (Å²) in [5.74, 6) is 0. The highest BCUT2D eigenvalue weighted by molar-refractivity contribution is 6.68. The molecule has 104 valence electrons. The van der Waals surface area contributed by atoms with Crippen molar-refractivity contribution < 1.29 is 9.21 Å². The van der Waals surface area contributed by atoms with Gasteiger partial charge in [0.25, 0.3) is 10.8 Å². The maximum Gasteiger partial charge on any atom is 0.260 e. The molecule has 1 aliphatic rings. The number of aromatic amines is 1. The third-order valence-corrected chi connectivity index (χ3v) is 4.18. The number of carbonyl (C=O) groups is 1. The number of hydrogen-bond donors (Lipinski definition) is 1. The van der Waals surface area contributed by atoms with Gasteiger partial charge in [-0.3, -0.25) is 9.59 Å². The van der Waals surface area contributed by atoms with E-state index in [-0.39, 0.29) is 16.5 Å². The van der Waals surface area contributed by atoms with Crippen molar-refractivity contribution in [1.29, 1.82) is 0 Å². The number of nitrogens with one attached hydrogen (secondary N) is 1. The lowest BCUT2D eigenvalue weighted by Crippen LogP contribution is -2.15. The summed E-state index contributed by atoms with van der Waals surface area (Å²) >= 11 is 5.51. The summed E-state index contributed by atoms with van der Waals surface area (Å²) in [6, 6.07) is 7.95. The van der Waals surface area contributed by atoms with Gasteiger partial charge in [-0.1, -0.05) is 24.3 Å². The number of furan rings is 1. The monoisotopic (exact) mass is 299 g/mol. The van der Waals surface area contributed by atoms with E-state index in [9.17, 15) is 9.59 Å². The van der Waals surface area contributed by atoms with Crippen LogP contribution in [-0.4, -0.2) is 10.2 Å². The van der Waals surface area contributed by atoms with Gasteiger partial charge in [0.2, 0.25) is 0 Å². The van der Waals surface area contributed by atoms with Crippen molar-refractivity contribution in [2.45, 2.75) is 12.8 Å². The van der Waals surface area contributed by atoms with E-state index >= 15 is 0 Å². The fraction of sp³-hybridized carbons (Fsp3) is 0.125. The molecule has 0 unspecified atom stereocenters. The number of rotatable bonds is 1. The van der Waals surface area contributed by atoms with Crippen molar-refractivity contribution in [2.75, 3.05) is 0 Å². The summed E-state index contributed by atoms with van der Waals surface area (Å²) in [5.41, 5.74) is 4.14. The molecule has 4 nitrogen and oxygen atoms in total. The van der Waals surface area contributed by atoms with Crippen molar-refractivity contribution >= 4 is 27.8 Å². The number of H-pyrrole nitrogens is 1. The van der Waals surface area contributed by atoms with E-state index < -0.39 is 5.24 Å². The molecule has 0 radical (unpaired) electrons. The zero-order valence-corrected chi connectivity index (χ0v) is 11.7. The van der Waals surface area contributed by atoms with Gasteiger partial charge in [0, 0.05) is 11.1 Å². The Bertz CT molecular complexity index is 952. The lowest BCUT2D eigenvalue weighted by molar-refractivity contribution is 0.108. The predicted octanol–water partition coefficient (Wildman–Crippen LogP) is 3.27. The van der Waals surface area contributed by atoms with E-state index in [1.807, 2.05) is 18.2 Å². The minimum Gasteiger partial charge on any atom is -0.463 e. The van der Waals surface area contributed by atoms with Crippen LogP contribution in [0.1, 0.15) is 21.5 Å². The Hall–Kier alpha value is -2.33. The molecule has 2 aromatic heterocycles. The molecule has 4 rings (SSSR count). The van der Waals surface area contributed by atoms with Crippen molar-refractivity contribution in [1.82, 2.24) is 4.98 Å². The Balaban J connectivity index is 2.12. The van der Waals surface area contributed by atoms with E-state index in [2.05, 4.69) is 11.1 Å². The van der Waals surface area contributed by atoms with Crippen LogP contribution in [0.25, 0.3) is 22.2 Å². The summed E-state index contributed by atoms with van der Waals surface area (Å²) in [6.07, 6.45) is 2.88. The number of fused-ring (bicyclic) bond motifs is 5. The van der Waals surface area contributed by atoms with Crippen LogP contribution in [0.5, 0.6) is 0 Å². The number of carbonyl (C=O) groups excluding carboxylic acids is 1. The highest BCUT2D eigenvalue weighted by atomic mass is 35.5. The molecular weight excluding hydrogens is 290 g/mol. The fourth-order valence-corrected chi connectivity index (χ4v) is 3.16. The van der Waals surface area contributed by atoms with Crippen LogP contribution in [0.15, 0.2) is 39.7 Å². The molecule has 0 bridgehead atoms. The third-order valence-electron chi connectivity index (χ3n) is 3.98. The van der Waals surface area contributed by atoms with Gasteiger partial charge in [-0.15, -0.1) is 0 Å². The first-order chi connectivity index (χ1) is 10.2. The third kappa shape index (κ3) is 1.69. The fourth-order valence-electron chi connectivity index (χ4n) is 3.03. The van der Waals surface area contributed by atoms with Gasteiger partial charge in [-0.25, -0.2) is 0 Å². The standard InChI is InChI=1S/C16H10ClNO3/c17-15(19)11-7-21-14-10-6-5-8-3-1-2-4-9(8)13(10)18-16(20)12(11)14/h1-4,7H,5-6H2,(H,18,20). The van der Waals surface area contributed by atoms with E-state index in [4.69, 9.17) is 16.0 Å². The second kappa shape index (κ2) is 4.33. The Morgan fingerprint density at radius 1 is 1.24 bits per heavy atom. The Kier molecular flexibility index (Phi) is 2.56. The van der Waals surface area contributed by atoms with Crippen LogP contribution in [0.3, 0.4) is 0 Å². The first kappa shape index (κ1) is 12.4. The molecule has 0 spiro atoms. The molecule has 0 fully saturated rings. The van der Waals surface area contributed by atoms with Crippen molar-refractivity contribution in [3.8, 4) is 11.3 Å². The van der Waals surface area contributed by atoms with E-state index in [0.29, 0.717) is 5.58 Å². The molecule has 3 aromatic rings. The Morgan fingerprint density at radius 2 is 2.05 bits per heavy atom. The zero-order valence-electron chi connectivity index (χ0n) is 10.9. The second-order valence-corrected chi connectivity index (χ2v) is 5.44. The minimum atomic E-state index is -0.685. The van der Waals surface area contributed by atoms with Crippen LogP contribution in [0.2, 0.25) is 0 Å². The number of aryl methyl sites for hydroxylation is 2. The van der Waals surface area contributed by atoms with Crippen LogP contribution < -0.4 is 5.56 Å². The molecule has 2 heterocycles. The highest BCUT2D eigenvalue weighted by Gasteiger charge is 2.24. The largest absolute Gasteiger partial charge is 0.463 e. The average molecular weight is 300 g/mol. The molecule has 0 saturated carbocycles. The maximum atomic E-state index is 12.3. The summed E-state index contributed by atoms with van der Waals surface area (Å²) in [5, 5.41) is -0.441. The smallest absolute Gasteiger partial charge is 0.260 e. The van der Waals surface area contributed by atoms with E-state index in [0.717, 1.165) is 29.7 Å². The van der Waals surface area contributed by atoms with E-state index in [1.54, 1.807) is 0 Å². The second-order valence-electron chi connectivity index (χ2n) is 5.09. The topological polar surface area (TPSA) is 63.1 Å². The molecule has 5 heteroatoms. The molecule has 1 aromatic carbocycles. The lowest BCUT2D eigenvalue weighted by Gasteiger charge is -2.19. The van der Waals surface area contributed by atoms with Gasteiger partial charge in [-0.05, 0) is 30.0 Å². The molecule has 0 aliphatic heterocycles. The molecule has 0 saturated heterocycles. The van der Waals surface area contributed by atoms with Crippen molar-refractivity contribution in [2.24, 2.45) is 0 Å². The number of aromatic nitrogens is 1. The van der Waals surface area contributed by atoms with E-state index in [1.165, 1.54) is 11.8 Å². The highest BCUT2D eigenvalue weighted by Crippen LogP contribution is 2.35. The summed E-state index contributed by atoms with van der Waals surface area (Å²) < 4.78 is 5.48. The first-order valence-electron chi connectivity index (χ1n) is 6.61. The van der Waals surface area contributed by atoms with Gasteiger partial charge < -0.3 is 9.40 Å². The van der Waals surface area contributed by atoms with Crippen LogP contribution in [0, 0.1) is 0 Å². The number of hydrogen-bond acceptors (Lipinski definition) is 3. The minimum absolute atomic E-state index is 0.120. The Labute approximate surface area is 124 Å². The zero-order chi connectivity index (χ0) is 14.6. The molecule has 1 aliphatic carbocycles. The van der Waals surface area contributed by atoms with Gasteiger partial charge >= 0.3 is 0 Å². The predicted molar refractivity (Wildman–Crippen MR) is 79.9 cm³/mol.